The lowest BCUT2D eigenvalue weighted by molar-refractivity contribution is -0.127. The monoisotopic (exact) mass is 303 g/mol. The van der Waals surface area contributed by atoms with Crippen LogP contribution in [0.1, 0.15) is 17.4 Å². The van der Waals surface area contributed by atoms with Crippen molar-refractivity contribution in [3.05, 3.63) is 41.2 Å². The Hall–Kier alpha value is -2.14. The van der Waals surface area contributed by atoms with E-state index in [1.54, 1.807) is 13.0 Å². The van der Waals surface area contributed by atoms with E-state index in [0.717, 1.165) is 10.8 Å². The van der Waals surface area contributed by atoms with Gasteiger partial charge in [-0.3, -0.25) is 9.59 Å². The lowest BCUT2D eigenvalue weighted by Crippen LogP contribution is -2.55. The Kier molecular flexibility index (Phi) is 3.51. The van der Waals surface area contributed by atoms with Gasteiger partial charge >= 0.3 is 0 Å². The number of carbonyl (C=O) groups excluding carboxylic acids is 2. The normalized spacial score (nSPS) is 18.7. The number of halogens is 1. The smallest absolute Gasteiger partial charge is 0.273 e. The molecule has 5 nitrogen and oxygen atoms in total. The zero-order valence-corrected chi connectivity index (χ0v) is 12.2. The topological polar surface area (TPSA) is 62.3 Å². The molecule has 0 saturated carbocycles. The highest BCUT2D eigenvalue weighted by molar-refractivity contribution is 6.34. The summed E-state index contributed by atoms with van der Waals surface area (Å²) in [6.07, 6.45) is 0. The van der Waals surface area contributed by atoms with Crippen LogP contribution in [0.4, 0.5) is 0 Å². The van der Waals surface area contributed by atoms with Gasteiger partial charge in [0.05, 0.1) is 0 Å². The number of carbonyl (C=O) groups is 2. The minimum absolute atomic E-state index is 0.151. The highest BCUT2D eigenvalue weighted by Gasteiger charge is 2.30. The fourth-order valence-corrected chi connectivity index (χ4v) is 2.74. The fraction of sp³-hybridized carbons (Fsp3) is 0.267. The molecule has 1 N–H and O–H groups in total. The predicted molar refractivity (Wildman–Crippen MR) is 80.3 cm³/mol. The third kappa shape index (κ3) is 2.45. The number of rotatable bonds is 1. The molecule has 2 amide bonds. The molecule has 2 aromatic rings. The molecular weight excluding hydrogens is 290 g/mol. The standard InChI is InChI=1S/C15H14ClN3O2/c1-9-14(20)17-6-7-19(9)15(21)12-8-10-4-2-3-5-11(10)13(16)18-12/h2-5,8-9H,6-7H2,1H3,(H,17,20). The third-order valence-corrected chi connectivity index (χ3v) is 3.96. The van der Waals surface area contributed by atoms with Crippen LogP contribution in [0.25, 0.3) is 10.8 Å². The summed E-state index contributed by atoms with van der Waals surface area (Å²) in [4.78, 5) is 29.9. The highest BCUT2D eigenvalue weighted by Crippen LogP contribution is 2.23. The number of nitrogens with one attached hydrogen (secondary N) is 1. The molecule has 1 unspecified atom stereocenters. The van der Waals surface area contributed by atoms with Crippen molar-refractivity contribution in [1.29, 1.82) is 0 Å². The molecule has 1 aliphatic heterocycles. The lowest BCUT2D eigenvalue weighted by atomic mass is 10.1. The van der Waals surface area contributed by atoms with Crippen molar-refractivity contribution in [2.45, 2.75) is 13.0 Å². The molecule has 1 aromatic carbocycles. The number of benzene rings is 1. The number of pyridine rings is 1. The van der Waals surface area contributed by atoms with E-state index in [-0.39, 0.29) is 17.5 Å². The summed E-state index contributed by atoms with van der Waals surface area (Å²) < 4.78 is 0. The van der Waals surface area contributed by atoms with Crippen molar-refractivity contribution in [1.82, 2.24) is 15.2 Å². The Bertz CT molecular complexity index is 732. The first kappa shape index (κ1) is 13.8. The van der Waals surface area contributed by atoms with Crippen LogP contribution in [0.15, 0.2) is 30.3 Å². The minimum atomic E-state index is -0.502. The maximum atomic E-state index is 12.6. The quantitative estimate of drug-likeness (QED) is 0.818. The van der Waals surface area contributed by atoms with Crippen LogP contribution in [0, 0.1) is 0 Å². The minimum Gasteiger partial charge on any atom is -0.353 e. The predicted octanol–water partition coefficient (Wildman–Crippen LogP) is 1.85. The summed E-state index contributed by atoms with van der Waals surface area (Å²) in [5, 5.41) is 4.69. The maximum absolute atomic E-state index is 12.6. The summed E-state index contributed by atoms with van der Waals surface area (Å²) in [5.41, 5.74) is 0.264. The van der Waals surface area contributed by atoms with Gasteiger partial charge in [0.1, 0.15) is 16.9 Å². The van der Waals surface area contributed by atoms with E-state index in [0.29, 0.717) is 18.2 Å². The van der Waals surface area contributed by atoms with Gasteiger partial charge in [0.15, 0.2) is 0 Å². The van der Waals surface area contributed by atoms with Gasteiger partial charge in [0, 0.05) is 18.5 Å². The molecule has 108 valence electrons. The molecule has 1 saturated heterocycles. The number of piperazine rings is 1. The van der Waals surface area contributed by atoms with Gasteiger partial charge < -0.3 is 10.2 Å². The summed E-state index contributed by atoms with van der Waals surface area (Å²) in [6, 6.07) is 8.70. The van der Waals surface area contributed by atoms with E-state index in [1.165, 1.54) is 4.90 Å². The van der Waals surface area contributed by atoms with Crippen LogP contribution in [0.3, 0.4) is 0 Å². The molecule has 0 aliphatic carbocycles. The Labute approximate surface area is 126 Å². The molecule has 1 aliphatic rings. The van der Waals surface area contributed by atoms with E-state index in [9.17, 15) is 9.59 Å². The summed E-state index contributed by atoms with van der Waals surface area (Å²) >= 11 is 6.15. The van der Waals surface area contributed by atoms with Gasteiger partial charge in [-0.05, 0) is 18.4 Å². The number of hydrogen-bond donors (Lipinski definition) is 1. The molecule has 1 fully saturated rings. The van der Waals surface area contributed by atoms with Crippen LogP contribution < -0.4 is 5.32 Å². The fourth-order valence-electron chi connectivity index (χ4n) is 2.47. The van der Waals surface area contributed by atoms with E-state index < -0.39 is 6.04 Å². The Balaban J connectivity index is 2.00. The molecular formula is C15H14ClN3O2. The van der Waals surface area contributed by atoms with Gasteiger partial charge in [-0.15, -0.1) is 0 Å². The first-order chi connectivity index (χ1) is 10.1. The second-order valence-corrected chi connectivity index (χ2v) is 5.34. The number of aromatic nitrogens is 1. The molecule has 0 spiro atoms. The second kappa shape index (κ2) is 5.33. The Morgan fingerprint density at radius 1 is 1.43 bits per heavy atom. The molecule has 21 heavy (non-hydrogen) atoms. The third-order valence-electron chi connectivity index (χ3n) is 3.67. The average Bonchev–Trinajstić information content (AvgIpc) is 2.49. The molecule has 1 aromatic heterocycles. The molecule has 6 heteroatoms. The van der Waals surface area contributed by atoms with Crippen LogP contribution in [0.5, 0.6) is 0 Å². The molecule has 1 atom stereocenters. The van der Waals surface area contributed by atoms with Crippen LogP contribution in [0.2, 0.25) is 5.15 Å². The van der Waals surface area contributed by atoms with Crippen molar-refractivity contribution in [3.63, 3.8) is 0 Å². The first-order valence-corrected chi connectivity index (χ1v) is 7.09. The van der Waals surface area contributed by atoms with Gasteiger partial charge in [-0.2, -0.15) is 0 Å². The first-order valence-electron chi connectivity index (χ1n) is 6.72. The summed E-state index contributed by atoms with van der Waals surface area (Å²) in [6.45, 7) is 2.63. The lowest BCUT2D eigenvalue weighted by Gasteiger charge is -2.32. The zero-order chi connectivity index (χ0) is 15.0. The van der Waals surface area contributed by atoms with E-state index in [1.807, 2.05) is 24.3 Å². The largest absolute Gasteiger partial charge is 0.353 e. The Morgan fingerprint density at radius 3 is 3.00 bits per heavy atom. The maximum Gasteiger partial charge on any atom is 0.273 e. The second-order valence-electron chi connectivity index (χ2n) is 4.98. The van der Waals surface area contributed by atoms with E-state index >= 15 is 0 Å². The van der Waals surface area contributed by atoms with Crippen molar-refractivity contribution in [2.24, 2.45) is 0 Å². The summed E-state index contributed by atoms with van der Waals surface area (Å²) in [7, 11) is 0. The van der Waals surface area contributed by atoms with E-state index in [4.69, 9.17) is 11.6 Å². The van der Waals surface area contributed by atoms with Crippen molar-refractivity contribution in [2.75, 3.05) is 13.1 Å². The average molecular weight is 304 g/mol. The number of nitrogens with zero attached hydrogens (tertiary/aromatic N) is 2. The van der Waals surface area contributed by atoms with Gasteiger partial charge in [0.25, 0.3) is 5.91 Å². The van der Waals surface area contributed by atoms with Gasteiger partial charge in [0.2, 0.25) is 5.91 Å². The van der Waals surface area contributed by atoms with Gasteiger partial charge in [-0.1, -0.05) is 35.9 Å². The highest BCUT2D eigenvalue weighted by atomic mass is 35.5. The Morgan fingerprint density at radius 2 is 2.19 bits per heavy atom. The van der Waals surface area contributed by atoms with Crippen molar-refractivity contribution in [3.8, 4) is 0 Å². The number of amides is 2. The number of fused-ring (bicyclic) bond motifs is 1. The van der Waals surface area contributed by atoms with Crippen LogP contribution in [-0.2, 0) is 4.79 Å². The van der Waals surface area contributed by atoms with Crippen LogP contribution in [-0.4, -0.2) is 40.8 Å². The molecule has 3 rings (SSSR count). The SMILES string of the molecule is CC1C(=O)NCCN1C(=O)c1cc2ccccc2c(Cl)n1. The van der Waals surface area contributed by atoms with Gasteiger partial charge in [-0.25, -0.2) is 4.98 Å². The van der Waals surface area contributed by atoms with Crippen LogP contribution >= 0.6 is 11.6 Å². The molecule has 0 bridgehead atoms. The summed E-state index contributed by atoms with van der Waals surface area (Å²) in [5.74, 6) is -0.425. The molecule has 0 radical (unpaired) electrons. The van der Waals surface area contributed by atoms with Crippen molar-refractivity contribution < 1.29 is 9.59 Å². The van der Waals surface area contributed by atoms with E-state index in [2.05, 4.69) is 10.3 Å². The van der Waals surface area contributed by atoms with Crippen molar-refractivity contribution >= 4 is 34.2 Å². The number of hydrogen-bond acceptors (Lipinski definition) is 3. The molecule has 2 heterocycles. The zero-order valence-electron chi connectivity index (χ0n) is 11.5.